The Bertz CT molecular complexity index is 1680. The molecule has 0 radical (unpaired) electrons. The largest absolute Gasteiger partial charge is 0.494 e. The Morgan fingerprint density at radius 1 is 1.00 bits per heavy atom. The fourth-order valence-electron chi connectivity index (χ4n) is 4.01. The molecule has 0 saturated carbocycles. The van der Waals surface area contributed by atoms with Crippen molar-refractivity contribution in [2.45, 2.75) is 26.1 Å². The zero-order valence-corrected chi connectivity index (χ0v) is 20.4. The van der Waals surface area contributed by atoms with Gasteiger partial charge in [0.25, 0.3) is 5.56 Å². The van der Waals surface area contributed by atoms with Gasteiger partial charge in [0, 0.05) is 12.3 Å². The molecule has 2 aromatic carbocycles. The summed E-state index contributed by atoms with van der Waals surface area (Å²) in [7, 11) is 0. The number of halogens is 5. The van der Waals surface area contributed by atoms with Crippen LogP contribution in [-0.4, -0.2) is 30.9 Å². The summed E-state index contributed by atoms with van der Waals surface area (Å²) in [5.41, 5.74) is -0.889. The molecule has 0 aliphatic carbocycles. The Kier molecular flexibility index (Phi) is 6.85. The van der Waals surface area contributed by atoms with Gasteiger partial charge in [-0.1, -0.05) is 13.0 Å². The van der Waals surface area contributed by atoms with E-state index in [0.29, 0.717) is 23.4 Å². The third-order valence-corrected chi connectivity index (χ3v) is 5.84. The van der Waals surface area contributed by atoms with Gasteiger partial charge in [-0.3, -0.25) is 14.0 Å². The molecule has 3 heterocycles. The lowest BCUT2D eigenvalue weighted by Crippen LogP contribution is -2.22. The molecule has 0 N–H and O–H groups in total. The molecule has 2 aliphatic heterocycles. The molecule has 0 atom stereocenters. The molecule has 0 spiro atoms. The molecular formula is C27H20F5N5O2. The average molecular weight is 541 g/mol. The van der Waals surface area contributed by atoms with E-state index in [1.54, 1.807) is 0 Å². The maximum absolute atomic E-state index is 14.2. The first-order valence-electron chi connectivity index (χ1n) is 11.8. The second kappa shape index (κ2) is 10.3. The smallest absolute Gasteiger partial charge is 0.418 e. The van der Waals surface area contributed by atoms with Crippen LogP contribution in [0.2, 0.25) is 0 Å². The third kappa shape index (κ3) is 5.35. The predicted molar refractivity (Wildman–Crippen MR) is 132 cm³/mol. The second-order valence-corrected chi connectivity index (χ2v) is 8.66. The van der Waals surface area contributed by atoms with Crippen LogP contribution in [0.5, 0.6) is 5.75 Å². The molecule has 0 unspecified atom stereocenters. The standard InChI is InChI=1S/C27H20F5N5O2/c1-2-10-39-17-6-7-23(19(12-17)27(30,31)32)37-9-8-16(11-24(37)38)14-36-15-22-21(13-33-36)34-26(35-22)18-4-3-5-20(28)25(18)29/h3-9,11-13,15H,2,10,14H2,1H3. The van der Waals surface area contributed by atoms with Gasteiger partial charge in [-0.05, 0) is 48.4 Å². The van der Waals surface area contributed by atoms with Crippen molar-refractivity contribution in [2.75, 3.05) is 6.61 Å². The van der Waals surface area contributed by atoms with Crippen molar-refractivity contribution >= 4 is 0 Å². The highest BCUT2D eigenvalue weighted by Gasteiger charge is 2.35. The number of hydrogen-bond acceptors (Lipinski definition) is 5. The first-order chi connectivity index (χ1) is 18.6. The van der Waals surface area contributed by atoms with Crippen LogP contribution in [0.15, 0.2) is 71.9 Å². The summed E-state index contributed by atoms with van der Waals surface area (Å²) in [6.07, 6.45) is 0.103. The number of ether oxygens (including phenoxy) is 1. The van der Waals surface area contributed by atoms with E-state index >= 15 is 0 Å². The zero-order chi connectivity index (χ0) is 27.7. The van der Waals surface area contributed by atoms with Gasteiger partial charge < -0.3 is 4.74 Å². The van der Waals surface area contributed by atoms with Crippen LogP contribution in [-0.2, 0) is 12.7 Å². The van der Waals surface area contributed by atoms with Crippen LogP contribution in [0.4, 0.5) is 22.0 Å². The number of nitrogens with zero attached hydrogens (tertiary/aromatic N) is 5. The van der Waals surface area contributed by atoms with E-state index in [4.69, 9.17) is 4.74 Å². The van der Waals surface area contributed by atoms with Crippen LogP contribution >= 0.6 is 0 Å². The molecule has 12 heteroatoms. The Morgan fingerprint density at radius 3 is 2.54 bits per heavy atom. The summed E-state index contributed by atoms with van der Waals surface area (Å²) in [6.45, 7) is 2.20. The van der Waals surface area contributed by atoms with E-state index in [-0.39, 0.29) is 36.0 Å². The second-order valence-electron chi connectivity index (χ2n) is 8.66. The number of pyridine rings is 1. The van der Waals surface area contributed by atoms with Crippen molar-refractivity contribution in [2.24, 2.45) is 0 Å². The number of fused-ring (bicyclic) bond motifs is 1. The van der Waals surface area contributed by atoms with Crippen molar-refractivity contribution < 1.29 is 26.7 Å². The van der Waals surface area contributed by atoms with Gasteiger partial charge in [-0.25, -0.2) is 18.7 Å². The van der Waals surface area contributed by atoms with E-state index in [2.05, 4.69) is 15.1 Å². The molecule has 200 valence electrons. The fraction of sp³-hybridized carbons (Fsp3) is 0.185. The van der Waals surface area contributed by atoms with E-state index in [0.717, 1.165) is 16.7 Å². The molecular weight excluding hydrogens is 521 g/mol. The van der Waals surface area contributed by atoms with Crippen LogP contribution in [0.3, 0.4) is 0 Å². The zero-order valence-electron chi connectivity index (χ0n) is 20.4. The van der Waals surface area contributed by atoms with Gasteiger partial charge in [0.2, 0.25) is 0 Å². The first kappa shape index (κ1) is 26.0. The lowest BCUT2D eigenvalue weighted by atomic mass is 10.1. The number of imidazole rings is 1. The first-order valence-corrected chi connectivity index (χ1v) is 11.8. The highest BCUT2D eigenvalue weighted by Crippen LogP contribution is 2.36. The predicted octanol–water partition coefficient (Wildman–Crippen LogP) is 5.73. The molecule has 0 bridgehead atoms. The van der Waals surface area contributed by atoms with E-state index in [1.807, 2.05) is 6.92 Å². The quantitative estimate of drug-likeness (QED) is 0.246. The fourth-order valence-corrected chi connectivity index (χ4v) is 4.01. The Morgan fingerprint density at radius 2 is 1.79 bits per heavy atom. The minimum Gasteiger partial charge on any atom is -0.494 e. The van der Waals surface area contributed by atoms with E-state index in [9.17, 15) is 26.7 Å². The number of benzene rings is 2. The number of hydrogen-bond donors (Lipinski definition) is 0. The number of alkyl halides is 3. The average Bonchev–Trinajstić information content (AvgIpc) is 3.32. The van der Waals surface area contributed by atoms with Crippen molar-refractivity contribution in [1.29, 1.82) is 0 Å². The minimum absolute atomic E-state index is 0.00395. The topological polar surface area (TPSA) is 74.8 Å². The van der Waals surface area contributed by atoms with Crippen molar-refractivity contribution in [3.05, 3.63) is 100 Å². The highest BCUT2D eigenvalue weighted by molar-refractivity contribution is 5.65. The van der Waals surface area contributed by atoms with Crippen molar-refractivity contribution in [3.63, 3.8) is 0 Å². The molecule has 2 aliphatic rings. The summed E-state index contributed by atoms with van der Waals surface area (Å²) in [6, 6.07) is 9.89. The summed E-state index contributed by atoms with van der Waals surface area (Å²) >= 11 is 0. The SMILES string of the molecule is CCCOc1ccc(-n2ccc(Cn3cc4nc(-c5cccc(F)c5F)nc-4cn3)cc2=O)c(C(F)(F)F)c1. The highest BCUT2D eigenvalue weighted by atomic mass is 19.4. The molecule has 3 aromatic rings. The lowest BCUT2D eigenvalue weighted by Gasteiger charge is -2.16. The van der Waals surface area contributed by atoms with Gasteiger partial charge in [0.15, 0.2) is 17.5 Å². The van der Waals surface area contributed by atoms with E-state index in [1.165, 1.54) is 59.7 Å². The maximum Gasteiger partial charge on any atom is 0.418 e. The summed E-state index contributed by atoms with van der Waals surface area (Å²) in [5.74, 6) is -2.02. The van der Waals surface area contributed by atoms with Gasteiger partial charge in [-0.2, -0.15) is 18.3 Å². The van der Waals surface area contributed by atoms with Crippen LogP contribution in [0.1, 0.15) is 24.5 Å². The summed E-state index contributed by atoms with van der Waals surface area (Å²) in [4.78, 5) is 21.3. The molecule has 0 amide bonds. The molecule has 5 rings (SSSR count). The monoisotopic (exact) mass is 541 g/mol. The molecule has 7 nitrogen and oxygen atoms in total. The van der Waals surface area contributed by atoms with Gasteiger partial charge in [0.05, 0.1) is 42.4 Å². The Hall–Kier alpha value is -4.61. The third-order valence-electron chi connectivity index (χ3n) is 5.84. The van der Waals surface area contributed by atoms with Crippen molar-refractivity contribution in [3.8, 4) is 34.2 Å². The summed E-state index contributed by atoms with van der Waals surface area (Å²) in [5, 5.41) is 4.21. The van der Waals surface area contributed by atoms with Crippen LogP contribution in [0, 0.1) is 11.6 Å². The molecule has 1 aromatic heterocycles. The molecule has 0 saturated heterocycles. The Labute approximate surface area is 218 Å². The molecule has 0 fully saturated rings. The van der Waals surface area contributed by atoms with E-state index < -0.39 is 28.9 Å². The number of rotatable bonds is 7. The normalized spacial score (nSPS) is 11.7. The van der Waals surface area contributed by atoms with Crippen LogP contribution in [0.25, 0.3) is 28.5 Å². The van der Waals surface area contributed by atoms with Gasteiger partial charge >= 0.3 is 6.18 Å². The van der Waals surface area contributed by atoms with Gasteiger partial charge in [-0.15, -0.1) is 0 Å². The summed E-state index contributed by atoms with van der Waals surface area (Å²) < 4.78 is 76.8. The molecule has 39 heavy (non-hydrogen) atoms. The van der Waals surface area contributed by atoms with Crippen molar-refractivity contribution in [1.82, 2.24) is 24.3 Å². The maximum atomic E-state index is 14.2. The lowest BCUT2D eigenvalue weighted by molar-refractivity contribution is -0.137. The van der Waals surface area contributed by atoms with Crippen LogP contribution < -0.4 is 10.3 Å². The number of aromatic nitrogens is 5. The Balaban J connectivity index is 1.43. The minimum atomic E-state index is -4.71. The van der Waals surface area contributed by atoms with Gasteiger partial charge in [0.1, 0.15) is 17.1 Å².